The van der Waals surface area contributed by atoms with Crippen LogP contribution in [0.1, 0.15) is 41.3 Å². The second-order valence-corrected chi connectivity index (χ2v) is 6.13. The molecule has 0 atom stereocenters. The van der Waals surface area contributed by atoms with E-state index in [9.17, 15) is 4.79 Å². The molecule has 0 bridgehead atoms. The summed E-state index contributed by atoms with van der Waals surface area (Å²) in [6, 6.07) is 10.6. The fourth-order valence-electron chi connectivity index (χ4n) is 2.38. The molecule has 2 aromatic rings. The molecule has 1 amide bonds. The molecule has 1 aliphatic carbocycles. The molecule has 0 N–H and O–H groups in total. The third-order valence-electron chi connectivity index (χ3n) is 3.79. The van der Waals surface area contributed by atoms with E-state index in [1.165, 1.54) is 11.1 Å². The number of rotatable bonds is 5. The van der Waals surface area contributed by atoms with Crippen molar-refractivity contribution in [3.05, 3.63) is 57.8 Å². The van der Waals surface area contributed by atoms with Crippen molar-refractivity contribution in [2.45, 2.75) is 38.8 Å². The van der Waals surface area contributed by atoms with Crippen LogP contribution in [0.3, 0.4) is 0 Å². The van der Waals surface area contributed by atoms with Crippen LogP contribution in [0.25, 0.3) is 0 Å². The highest BCUT2D eigenvalue weighted by atomic mass is 32.1. The Morgan fingerprint density at radius 1 is 1.20 bits per heavy atom. The molecule has 3 rings (SSSR count). The summed E-state index contributed by atoms with van der Waals surface area (Å²) in [5.41, 5.74) is 3.32. The summed E-state index contributed by atoms with van der Waals surface area (Å²) in [4.78, 5) is 14.7. The molecule has 1 heterocycles. The molecule has 0 aliphatic heterocycles. The van der Waals surface area contributed by atoms with E-state index < -0.39 is 0 Å². The lowest BCUT2D eigenvalue weighted by molar-refractivity contribution is 0.0730. The first-order chi connectivity index (χ1) is 9.78. The van der Waals surface area contributed by atoms with E-state index in [2.05, 4.69) is 35.9 Å². The number of thiophene rings is 1. The van der Waals surface area contributed by atoms with Gasteiger partial charge >= 0.3 is 0 Å². The van der Waals surface area contributed by atoms with Gasteiger partial charge in [-0.05, 0) is 59.3 Å². The van der Waals surface area contributed by atoms with E-state index in [1.54, 1.807) is 11.3 Å². The van der Waals surface area contributed by atoms with E-state index in [0.717, 1.165) is 31.4 Å². The SMILES string of the molecule is CCc1ccc(C(=O)N(Cc2ccsc2)C2CC2)cc1. The Morgan fingerprint density at radius 3 is 2.50 bits per heavy atom. The molecule has 3 heteroatoms. The number of hydrogen-bond acceptors (Lipinski definition) is 2. The van der Waals surface area contributed by atoms with Crippen molar-refractivity contribution < 1.29 is 4.79 Å². The molecule has 1 aromatic heterocycles. The van der Waals surface area contributed by atoms with Crippen LogP contribution in [0.15, 0.2) is 41.1 Å². The van der Waals surface area contributed by atoms with Crippen molar-refractivity contribution in [1.29, 1.82) is 0 Å². The van der Waals surface area contributed by atoms with Gasteiger partial charge in [0.25, 0.3) is 5.91 Å². The molecule has 1 saturated carbocycles. The van der Waals surface area contributed by atoms with Gasteiger partial charge in [0.05, 0.1) is 0 Å². The third kappa shape index (κ3) is 2.93. The number of carbonyl (C=O) groups excluding carboxylic acids is 1. The predicted molar refractivity (Wildman–Crippen MR) is 83.0 cm³/mol. The summed E-state index contributed by atoms with van der Waals surface area (Å²) in [5, 5.41) is 4.20. The number of nitrogens with zero attached hydrogens (tertiary/aromatic N) is 1. The number of carbonyl (C=O) groups is 1. The molecular formula is C17H19NOS. The van der Waals surface area contributed by atoms with Gasteiger partial charge in [0, 0.05) is 18.2 Å². The predicted octanol–water partition coefficient (Wildman–Crippen LogP) is 4.12. The average molecular weight is 285 g/mol. The molecule has 0 spiro atoms. The van der Waals surface area contributed by atoms with Crippen molar-refractivity contribution in [2.75, 3.05) is 0 Å². The molecule has 1 fully saturated rings. The van der Waals surface area contributed by atoms with Crippen molar-refractivity contribution in [3.63, 3.8) is 0 Å². The lowest BCUT2D eigenvalue weighted by Crippen LogP contribution is -2.32. The van der Waals surface area contributed by atoms with E-state index in [0.29, 0.717) is 6.04 Å². The fourth-order valence-corrected chi connectivity index (χ4v) is 3.04. The zero-order valence-electron chi connectivity index (χ0n) is 11.7. The largest absolute Gasteiger partial charge is 0.331 e. The maximum atomic E-state index is 12.7. The fraction of sp³-hybridized carbons (Fsp3) is 0.353. The lowest BCUT2D eigenvalue weighted by atomic mass is 10.1. The van der Waals surface area contributed by atoms with Crippen LogP contribution in [0.4, 0.5) is 0 Å². The maximum absolute atomic E-state index is 12.7. The van der Waals surface area contributed by atoms with Gasteiger partial charge < -0.3 is 4.90 Å². The first-order valence-corrected chi connectivity index (χ1v) is 8.13. The minimum Gasteiger partial charge on any atom is -0.331 e. The molecule has 2 nitrogen and oxygen atoms in total. The van der Waals surface area contributed by atoms with Gasteiger partial charge in [-0.3, -0.25) is 4.79 Å². The zero-order chi connectivity index (χ0) is 13.9. The van der Waals surface area contributed by atoms with Gasteiger partial charge in [0.2, 0.25) is 0 Å². The second kappa shape index (κ2) is 5.80. The van der Waals surface area contributed by atoms with E-state index in [1.807, 2.05) is 17.0 Å². The molecule has 0 unspecified atom stereocenters. The molecule has 104 valence electrons. The van der Waals surface area contributed by atoms with Crippen molar-refractivity contribution >= 4 is 17.2 Å². The van der Waals surface area contributed by atoms with Gasteiger partial charge in [0.15, 0.2) is 0 Å². The van der Waals surface area contributed by atoms with Gasteiger partial charge in [0.1, 0.15) is 0 Å². The van der Waals surface area contributed by atoms with Crippen LogP contribution in [-0.4, -0.2) is 16.8 Å². The van der Waals surface area contributed by atoms with E-state index in [-0.39, 0.29) is 5.91 Å². The summed E-state index contributed by atoms with van der Waals surface area (Å²) in [5.74, 6) is 0.168. The van der Waals surface area contributed by atoms with Crippen LogP contribution in [-0.2, 0) is 13.0 Å². The molecular weight excluding hydrogens is 266 g/mol. The highest BCUT2D eigenvalue weighted by Crippen LogP contribution is 2.30. The smallest absolute Gasteiger partial charge is 0.254 e. The van der Waals surface area contributed by atoms with Gasteiger partial charge in [-0.15, -0.1) is 0 Å². The Kier molecular flexibility index (Phi) is 3.88. The summed E-state index contributed by atoms with van der Waals surface area (Å²) in [6.07, 6.45) is 3.29. The molecule has 1 aliphatic rings. The quantitative estimate of drug-likeness (QED) is 0.809. The number of benzene rings is 1. The Labute approximate surface area is 124 Å². The minimum atomic E-state index is 0.168. The Balaban J connectivity index is 1.77. The van der Waals surface area contributed by atoms with Crippen LogP contribution in [0, 0.1) is 0 Å². The van der Waals surface area contributed by atoms with Crippen LogP contribution in [0.5, 0.6) is 0 Å². The monoisotopic (exact) mass is 285 g/mol. The number of amides is 1. The minimum absolute atomic E-state index is 0.168. The highest BCUT2D eigenvalue weighted by Gasteiger charge is 2.33. The molecule has 1 aromatic carbocycles. The van der Waals surface area contributed by atoms with Crippen molar-refractivity contribution in [1.82, 2.24) is 4.90 Å². The summed E-state index contributed by atoms with van der Waals surface area (Å²) < 4.78 is 0. The van der Waals surface area contributed by atoms with Crippen LogP contribution < -0.4 is 0 Å². The maximum Gasteiger partial charge on any atom is 0.254 e. The standard InChI is InChI=1S/C17H19NOS/c1-2-13-3-5-15(6-4-13)17(19)18(16-7-8-16)11-14-9-10-20-12-14/h3-6,9-10,12,16H,2,7-8,11H2,1H3. The number of aryl methyl sites for hydroxylation is 1. The highest BCUT2D eigenvalue weighted by molar-refractivity contribution is 7.07. The molecule has 20 heavy (non-hydrogen) atoms. The summed E-state index contributed by atoms with van der Waals surface area (Å²) in [6.45, 7) is 2.87. The molecule has 0 saturated heterocycles. The zero-order valence-corrected chi connectivity index (χ0v) is 12.5. The van der Waals surface area contributed by atoms with Gasteiger partial charge in [-0.1, -0.05) is 19.1 Å². The second-order valence-electron chi connectivity index (χ2n) is 5.35. The third-order valence-corrected chi connectivity index (χ3v) is 4.52. The Morgan fingerprint density at radius 2 is 1.95 bits per heavy atom. The molecule has 0 radical (unpaired) electrons. The Hall–Kier alpha value is -1.61. The van der Waals surface area contributed by atoms with E-state index >= 15 is 0 Å². The first-order valence-electron chi connectivity index (χ1n) is 7.19. The van der Waals surface area contributed by atoms with Crippen molar-refractivity contribution in [3.8, 4) is 0 Å². The lowest BCUT2D eigenvalue weighted by Gasteiger charge is -2.22. The topological polar surface area (TPSA) is 20.3 Å². The van der Waals surface area contributed by atoms with Crippen LogP contribution >= 0.6 is 11.3 Å². The summed E-state index contributed by atoms with van der Waals surface area (Å²) in [7, 11) is 0. The van der Waals surface area contributed by atoms with Gasteiger partial charge in [-0.25, -0.2) is 0 Å². The van der Waals surface area contributed by atoms with Crippen LogP contribution in [0.2, 0.25) is 0 Å². The number of hydrogen-bond donors (Lipinski definition) is 0. The first kappa shape index (κ1) is 13.4. The van der Waals surface area contributed by atoms with Gasteiger partial charge in [-0.2, -0.15) is 11.3 Å². The normalized spacial score (nSPS) is 14.2. The van der Waals surface area contributed by atoms with Crippen molar-refractivity contribution in [2.24, 2.45) is 0 Å². The Bertz CT molecular complexity index is 570. The van der Waals surface area contributed by atoms with E-state index in [4.69, 9.17) is 0 Å². The average Bonchev–Trinajstić information content (AvgIpc) is 3.21. The summed E-state index contributed by atoms with van der Waals surface area (Å²) >= 11 is 1.69.